The lowest BCUT2D eigenvalue weighted by Gasteiger charge is -2.27. The second-order valence-corrected chi connectivity index (χ2v) is 10.1. The largest absolute Gasteiger partial charge is 0.291 e. The third-order valence-corrected chi connectivity index (χ3v) is 6.60. The van der Waals surface area contributed by atoms with Gasteiger partial charge in [0, 0.05) is 12.5 Å². The van der Waals surface area contributed by atoms with E-state index in [-0.39, 0.29) is 5.92 Å². The normalized spacial score (nSPS) is 14.0. The zero-order valence-electron chi connectivity index (χ0n) is 21.2. The summed E-state index contributed by atoms with van der Waals surface area (Å²) in [6.07, 6.45) is 16.9. The summed E-state index contributed by atoms with van der Waals surface area (Å²) in [6.45, 7) is 14.0. The van der Waals surface area contributed by atoms with E-state index in [2.05, 4.69) is 46.4 Å². The van der Waals surface area contributed by atoms with E-state index in [0.29, 0.717) is 11.9 Å². The number of hydrogen-bond donors (Lipinski definition) is 0. The van der Waals surface area contributed by atoms with E-state index >= 15 is 0 Å². The number of carbonyl (C=O) groups excluding carboxylic acids is 1. The van der Waals surface area contributed by atoms with Crippen LogP contribution < -0.4 is 0 Å². The average molecular weight is 441 g/mol. The van der Waals surface area contributed by atoms with Gasteiger partial charge in [-0.1, -0.05) is 117 Å². The molecule has 0 aliphatic carbocycles. The molecule has 0 rings (SSSR count). The maximum atomic E-state index is 13.4. The number of thioether (sulfide) groups is 1. The van der Waals surface area contributed by atoms with Gasteiger partial charge in [-0.05, 0) is 31.9 Å². The van der Waals surface area contributed by atoms with Crippen molar-refractivity contribution in [2.45, 2.75) is 137 Å². The van der Waals surface area contributed by atoms with Crippen molar-refractivity contribution in [3.05, 3.63) is 0 Å². The molecular formula is C26H52N2OS. The first-order chi connectivity index (χ1) is 14.5. The van der Waals surface area contributed by atoms with E-state index in [1.165, 1.54) is 64.2 Å². The molecule has 4 heteroatoms. The highest BCUT2D eigenvalue weighted by Crippen LogP contribution is 2.20. The standard InChI is InChI=1S/C26H52N2OS/c1-7-11-14-15-16-19-22-28(25(29)23(5)20-17-12-8-2)26(30-10-4)27-24(6)21-18-13-9-3/h23-24H,7-22H2,1-6H3. The highest BCUT2D eigenvalue weighted by atomic mass is 32.2. The van der Waals surface area contributed by atoms with Crippen molar-refractivity contribution in [3.8, 4) is 0 Å². The minimum atomic E-state index is 0.0923. The summed E-state index contributed by atoms with van der Waals surface area (Å²) < 4.78 is 0. The Labute approximate surface area is 193 Å². The maximum Gasteiger partial charge on any atom is 0.231 e. The summed E-state index contributed by atoms with van der Waals surface area (Å²) >= 11 is 1.75. The molecule has 0 bridgehead atoms. The number of unbranched alkanes of at least 4 members (excludes halogenated alkanes) is 9. The molecule has 0 radical (unpaired) electrons. The number of aliphatic imine (C=N–C) groups is 1. The van der Waals surface area contributed by atoms with Gasteiger partial charge in [0.2, 0.25) is 5.91 Å². The van der Waals surface area contributed by atoms with Gasteiger partial charge in [0.05, 0.1) is 6.04 Å². The van der Waals surface area contributed by atoms with Crippen molar-refractivity contribution in [3.63, 3.8) is 0 Å². The molecule has 1 amide bonds. The van der Waals surface area contributed by atoms with Crippen molar-refractivity contribution in [1.82, 2.24) is 4.90 Å². The van der Waals surface area contributed by atoms with Gasteiger partial charge in [-0.15, -0.1) is 0 Å². The predicted octanol–water partition coefficient (Wildman–Crippen LogP) is 8.47. The first-order valence-corrected chi connectivity index (χ1v) is 14.0. The zero-order chi connectivity index (χ0) is 22.6. The lowest BCUT2D eigenvalue weighted by molar-refractivity contribution is -0.131. The van der Waals surface area contributed by atoms with Crippen LogP contribution in [-0.2, 0) is 4.79 Å². The number of amidine groups is 1. The predicted molar refractivity (Wildman–Crippen MR) is 138 cm³/mol. The fraction of sp³-hybridized carbons (Fsp3) is 0.923. The van der Waals surface area contributed by atoms with Crippen LogP contribution in [0.2, 0.25) is 0 Å². The molecule has 0 saturated carbocycles. The molecule has 0 aliphatic heterocycles. The van der Waals surface area contributed by atoms with Crippen molar-refractivity contribution in [1.29, 1.82) is 0 Å². The first-order valence-electron chi connectivity index (χ1n) is 13.0. The molecular weight excluding hydrogens is 388 g/mol. The van der Waals surface area contributed by atoms with Crippen LogP contribution in [0, 0.1) is 5.92 Å². The van der Waals surface area contributed by atoms with E-state index in [1.807, 2.05) is 0 Å². The highest BCUT2D eigenvalue weighted by molar-refractivity contribution is 8.13. The van der Waals surface area contributed by atoms with Gasteiger partial charge >= 0.3 is 0 Å². The number of carbonyl (C=O) groups is 1. The summed E-state index contributed by atoms with van der Waals surface area (Å²) in [5.41, 5.74) is 0. The molecule has 0 heterocycles. The summed E-state index contributed by atoms with van der Waals surface area (Å²) in [5.74, 6) is 1.35. The molecule has 0 aliphatic rings. The summed E-state index contributed by atoms with van der Waals surface area (Å²) in [6, 6.07) is 0.292. The van der Waals surface area contributed by atoms with Crippen LogP contribution in [-0.4, -0.2) is 34.3 Å². The Morgan fingerprint density at radius 3 is 1.90 bits per heavy atom. The molecule has 178 valence electrons. The molecule has 0 saturated heterocycles. The fourth-order valence-corrected chi connectivity index (χ4v) is 4.55. The third-order valence-electron chi connectivity index (χ3n) is 5.72. The third kappa shape index (κ3) is 14.5. The Kier molecular flexibility index (Phi) is 20.0. The molecule has 0 aromatic rings. The van der Waals surface area contributed by atoms with Gasteiger partial charge in [-0.3, -0.25) is 14.7 Å². The highest BCUT2D eigenvalue weighted by Gasteiger charge is 2.24. The van der Waals surface area contributed by atoms with Crippen LogP contribution >= 0.6 is 11.8 Å². The zero-order valence-corrected chi connectivity index (χ0v) is 22.0. The molecule has 0 spiro atoms. The minimum absolute atomic E-state index is 0.0923. The van der Waals surface area contributed by atoms with E-state index in [0.717, 1.165) is 43.1 Å². The van der Waals surface area contributed by atoms with Gasteiger partial charge < -0.3 is 0 Å². The number of amides is 1. The van der Waals surface area contributed by atoms with Crippen molar-refractivity contribution < 1.29 is 4.79 Å². The van der Waals surface area contributed by atoms with Crippen molar-refractivity contribution in [2.24, 2.45) is 10.9 Å². The van der Waals surface area contributed by atoms with Crippen LogP contribution in [0.5, 0.6) is 0 Å². The van der Waals surface area contributed by atoms with Crippen molar-refractivity contribution >= 4 is 22.8 Å². The molecule has 2 unspecified atom stereocenters. The van der Waals surface area contributed by atoms with E-state index < -0.39 is 0 Å². The minimum Gasteiger partial charge on any atom is -0.291 e. The molecule has 30 heavy (non-hydrogen) atoms. The monoisotopic (exact) mass is 440 g/mol. The quantitative estimate of drug-likeness (QED) is 0.122. The molecule has 0 N–H and O–H groups in total. The number of nitrogens with zero attached hydrogens (tertiary/aromatic N) is 2. The molecule has 0 fully saturated rings. The second kappa shape index (κ2) is 20.4. The van der Waals surface area contributed by atoms with Gasteiger partial charge in [0.1, 0.15) is 0 Å². The molecule has 0 aromatic carbocycles. The van der Waals surface area contributed by atoms with Gasteiger partial charge in [0.25, 0.3) is 0 Å². The van der Waals surface area contributed by atoms with E-state index in [9.17, 15) is 4.79 Å². The van der Waals surface area contributed by atoms with Crippen LogP contribution in [0.25, 0.3) is 0 Å². The Morgan fingerprint density at radius 2 is 1.30 bits per heavy atom. The number of hydrogen-bond acceptors (Lipinski definition) is 3. The smallest absolute Gasteiger partial charge is 0.231 e. The van der Waals surface area contributed by atoms with Crippen molar-refractivity contribution in [2.75, 3.05) is 12.3 Å². The maximum absolute atomic E-state index is 13.4. The number of rotatable bonds is 18. The van der Waals surface area contributed by atoms with Gasteiger partial charge in [-0.25, -0.2) is 0 Å². The Hall–Kier alpha value is -0.510. The second-order valence-electron chi connectivity index (χ2n) is 8.84. The van der Waals surface area contributed by atoms with Gasteiger partial charge in [0.15, 0.2) is 5.17 Å². The lowest BCUT2D eigenvalue weighted by atomic mass is 10.0. The SMILES string of the molecule is CCCCCCCCN(C(=O)C(C)CCCCC)C(=NC(C)CCCCC)SCC. The summed E-state index contributed by atoms with van der Waals surface area (Å²) in [7, 11) is 0. The van der Waals surface area contributed by atoms with Crippen LogP contribution in [0.1, 0.15) is 131 Å². The van der Waals surface area contributed by atoms with Crippen LogP contribution in [0.3, 0.4) is 0 Å². The average Bonchev–Trinajstić information content (AvgIpc) is 2.73. The van der Waals surface area contributed by atoms with E-state index in [1.54, 1.807) is 11.8 Å². The molecule has 2 atom stereocenters. The Bertz CT molecular complexity index is 439. The fourth-order valence-electron chi connectivity index (χ4n) is 3.70. The van der Waals surface area contributed by atoms with Crippen LogP contribution in [0.15, 0.2) is 4.99 Å². The first kappa shape index (κ1) is 29.5. The summed E-state index contributed by atoms with van der Waals surface area (Å²) in [5, 5.41) is 0.974. The van der Waals surface area contributed by atoms with Gasteiger partial charge in [-0.2, -0.15) is 0 Å². The topological polar surface area (TPSA) is 32.7 Å². The van der Waals surface area contributed by atoms with Crippen LogP contribution in [0.4, 0.5) is 0 Å². The lowest BCUT2D eigenvalue weighted by Crippen LogP contribution is -2.40. The van der Waals surface area contributed by atoms with E-state index in [4.69, 9.17) is 4.99 Å². The molecule has 3 nitrogen and oxygen atoms in total. The summed E-state index contributed by atoms with van der Waals surface area (Å²) in [4.78, 5) is 20.5. The Morgan fingerprint density at radius 1 is 0.767 bits per heavy atom. The Balaban J connectivity index is 5.16. The molecule has 0 aromatic heterocycles.